The largest absolute Gasteiger partial charge is 0.493 e. The number of fused-ring (bicyclic) bond motifs is 1. The van der Waals surface area contributed by atoms with Crippen LogP contribution in [-0.2, 0) is 9.53 Å². The smallest absolute Gasteiger partial charge is 0.349 e. The molecule has 1 fully saturated rings. The molecule has 0 unspecified atom stereocenters. The Hall–Kier alpha value is -3.19. The number of methoxy groups -OCH3 is 1. The fourth-order valence-electron chi connectivity index (χ4n) is 3.37. The van der Waals surface area contributed by atoms with Gasteiger partial charge in [0.25, 0.3) is 11.5 Å². The minimum Gasteiger partial charge on any atom is -0.493 e. The van der Waals surface area contributed by atoms with Crippen LogP contribution in [0.25, 0.3) is 10.9 Å². The zero-order valence-electron chi connectivity index (χ0n) is 17.7. The average molecular weight is 564 g/mol. The Labute approximate surface area is 201 Å². The maximum atomic E-state index is 12.6. The van der Waals surface area contributed by atoms with Crippen molar-refractivity contribution in [2.75, 3.05) is 40.0 Å². The van der Waals surface area contributed by atoms with E-state index in [1.54, 1.807) is 41.3 Å². The minimum atomic E-state index is -0.641. The molecule has 10 nitrogen and oxygen atoms in total. The maximum Gasteiger partial charge on any atom is 0.349 e. The zero-order chi connectivity index (χ0) is 23.4. The third-order valence-electron chi connectivity index (χ3n) is 5.06. The highest BCUT2D eigenvalue weighted by Crippen LogP contribution is 2.33. The number of aromatic nitrogens is 2. The van der Waals surface area contributed by atoms with E-state index in [9.17, 15) is 14.4 Å². The van der Waals surface area contributed by atoms with E-state index in [4.69, 9.17) is 14.2 Å². The number of H-pyrrole nitrogens is 1. The van der Waals surface area contributed by atoms with E-state index in [2.05, 4.69) is 32.7 Å². The summed E-state index contributed by atoms with van der Waals surface area (Å²) in [6, 6.07) is 10.1. The van der Waals surface area contributed by atoms with Crippen LogP contribution in [0.2, 0.25) is 0 Å². The fraction of sp³-hybridized carbons (Fsp3) is 0.273. The summed E-state index contributed by atoms with van der Waals surface area (Å²) in [6.07, 6.45) is 1.39. The van der Waals surface area contributed by atoms with Gasteiger partial charge >= 0.3 is 5.69 Å². The normalized spacial score (nSPS) is 14.1. The van der Waals surface area contributed by atoms with Crippen LogP contribution in [0, 0.1) is 3.57 Å². The molecule has 1 aromatic heterocycles. The van der Waals surface area contributed by atoms with Crippen molar-refractivity contribution in [1.82, 2.24) is 14.6 Å². The standard InChI is InChI=1S/C22H21IN4O6/c1-31-18-11-14(10-16(23)20(18)33-13-19(28)26-6-8-32-9-7-26)12-24-27-21(29)15-4-2-3-5-17(15)25-22(27)30/h2-5,10-12H,6-9,13H2,1H3,(H,25,30). The monoisotopic (exact) mass is 564 g/mol. The van der Waals surface area contributed by atoms with Crippen LogP contribution < -0.4 is 20.7 Å². The molecule has 0 spiro atoms. The lowest BCUT2D eigenvalue weighted by molar-refractivity contribution is -0.137. The first-order valence-electron chi connectivity index (χ1n) is 10.1. The number of hydrogen-bond donors (Lipinski definition) is 1. The number of para-hydroxylation sites is 1. The predicted octanol–water partition coefficient (Wildman–Crippen LogP) is 1.42. The Morgan fingerprint density at radius 2 is 2.00 bits per heavy atom. The fourth-order valence-corrected chi connectivity index (χ4v) is 4.16. The molecule has 1 amide bonds. The van der Waals surface area contributed by atoms with Gasteiger partial charge in [-0.3, -0.25) is 9.59 Å². The lowest BCUT2D eigenvalue weighted by Gasteiger charge is -2.26. The summed E-state index contributed by atoms with van der Waals surface area (Å²) in [5, 5.41) is 4.43. The molecular weight excluding hydrogens is 543 g/mol. The van der Waals surface area contributed by atoms with Crippen molar-refractivity contribution in [3.8, 4) is 11.5 Å². The molecule has 0 saturated carbocycles. The molecule has 172 valence electrons. The van der Waals surface area contributed by atoms with Crippen LogP contribution in [0.1, 0.15) is 5.56 Å². The molecule has 1 aliphatic heterocycles. The van der Waals surface area contributed by atoms with E-state index >= 15 is 0 Å². The maximum absolute atomic E-state index is 12.6. The van der Waals surface area contributed by atoms with Crippen molar-refractivity contribution < 1.29 is 19.0 Å². The number of hydrogen-bond acceptors (Lipinski definition) is 7. The first-order chi connectivity index (χ1) is 16.0. The number of ether oxygens (including phenoxy) is 3. The highest BCUT2D eigenvalue weighted by molar-refractivity contribution is 14.1. The third-order valence-corrected chi connectivity index (χ3v) is 5.86. The summed E-state index contributed by atoms with van der Waals surface area (Å²) in [7, 11) is 1.49. The van der Waals surface area contributed by atoms with Crippen LogP contribution in [0.5, 0.6) is 11.5 Å². The van der Waals surface area contributed by atoms with Gasteiger partial charge in [0.05, 0.1) is 41.0 Å². The number of nitrogens with zero attached hydrogens (tertiary/aromatic N) is 3. The summed E-state index contributed by atoms with van der Waals surface area (Å²) in [4.78, 5) is 41.7. The molecular formula is C22H21IN4O6. The Kier molecular flexibility index (Phi) is 7.08. The number of amides is 1. The van der Waals surface area contributed by atoms with Crippen LogP contribution in [0.15, 0.2) is 51.1 Å². The summed E-state index contributed by atoms with van der Waals surface area (Å²) in [5.74, 6) is 0.701. The van der Waals surface area contributed by atoms with E-state index in [0.717, 1.165) is 4.68 Å². The van der Waals surface area contributed by atoms with Gasteiger partial charge in [0.15, 0.2) is 18.1 Å². The molecule has 2 aromatic carbocycles. The van der Waals surface area contributed by atoms with Gasteiger partial charge < -0.3 is 24.1 Å². The Morgan fingerprint density at radius 3 is 2.76 bits per heavy atom. The van der Waals surface area contributed by atoms with E-state index in [1.165, 1.54) is 13.3 Å². The number of rotatable bonds is 6. The second-order valence-corrected chi connectivity index (χ2v) is 8.32. The van der Waals surface area contributed by atoms with E-state index in [0.29, 0.717) is 57.8 Å². The minimum absolute atomic E-state index is 0.123. The van der Waals surface area contributed by atoms with Gasteiger partial charge in [0.2, 0.25) is 0 Å². The highest BCUT2D eigenvalue weighted by atomic mass is 127. The third kappa shape index (κ3) is 5.09. The van der Waals surface area contributed by atoms with Gasteiger partial charge in [-0.1, -0.05) is 12.1 Å². The molecule has 4 rings (SSSR count). The summed E-state index contributed by atoms with van der Waals surface area (Å²) in [5.41, 5.74) is -0.127. The number of benzene rings is 2. The molecule has 1 aliphatic rings. The van der Waals surface area contributed by atoms with Gasteiger partial charge in [-0.25, -0.2) is 4.79 Å². The van der Waals surface area contributed by atoms with E-state index < -0.39 is 11.2 Å². The van der Waals surface area contributed by atoms with Gasteiger partial charge in [0, 0.05) is 13.1 Å². The van der Waals surface area contributed by atoms with Crippen molar-refractivity contribution in [3.63, 3.8) is 0 Å². The lowest BCUT2D eigenvalue weighted by atomic mass is 10.2. The molecule has 1 N–H and O–H groups in total. The molecule has 1 saturated heterocycles. The summed E-state index contributed by atoms with van der Waals surface area (Å²) < 4.78 is 17.9. The number of nitrogens with one attached hydrogen (secondary N) is 1. The van der Waals surface area contributed by atoms with Crippen LogP contribution in [0.3, 0.4) is 0 Å². The number of carbonyl (C=O) groups excluding carboxylic acids is 1. The quantitative estimate of drug-likeness (QED) is 0.358. The first kappa shape index (κ1) is 23.0. The molecule has 0 radical (unpaired) electrons. The first-order valence-corrected chi connectivity index (χ1v) is 11.2. The number of aromatic amines is 1. The SMILES string of the molecule is COc1cc(C=Nn2c(=O)[nH]c3ccccc3c2=O)cc(I)c1OCC(=O)N1CCOCC1. The molecule has 0 aliphatic carbocycles. The van der Waals surface area contributed by atoms with Crippen LogP contribution in [0.4, 0.5) is 0 Å². The predicted molar refractivity (Wildman–Crippen MR) is 130 cm³/mol. The Balaban J connectivity index is 1.56. The van der Waals surface area contributed by atoms with Crippen molar-refractivity contribution in [3.05, 3.63) is 66.4 Å². The van der Waals surface area contributed by atoms with Crippen molar-refractivity contribution >= 4 is 45.6 Å². The van der Waals surface area contributed by atoms with Crippen LogP contribution >= 0.6 is 22.6 Å². The average Bonchev–Trinajstić information content (AvgIpc) is 2.83. The summed E-state index contributed by atoms with van der Waals surface area (Å²) in [6.45, 7) is 1.99. The van der Waals surface area contributed by atoms with Gasteiger partial charge in [-0.15, -0.1) is 4.68 Å². The molecule has 33 heavy (non-hydrogen) atoms. The molecule has 3 aromatic rings. The van der Waals surface area contributed by atoms with Gasteiger partial charge in [-0.05, 0) is 52.4 Å². The number of halogens is 1. The summed E-state index contributed by atoms with van der Waals surface area (Å²) >= 11 is 2.07. The second-order valence-electron chi connectivity index (χ2n) is 7.15. The second kappa shape index (κ2) is 10.2. The van der Waals surface area contributed by atoms with Gasteiger partial charge in [0.1, 0.15) is 0 Å². The van der Waals surface area contributed by atoms with Crippen molar-refractivity contribution in [2.24, 2.45) is 5.10 Å². The topological polar surface area (TPSA) is 115 Å². The number of morpholine rings is 1. The zero-order valence-corrected chi connectivity index (χ0v) is 19.9. The Bertz CT molecular complexity index is 1330. The molecule has 2 heterocycles. The molecule has 0 bridgehead atoms. The highest BCUT2D eigenvalue weighted by Gasteiger charge is 2.19. The molecule has 11 heteroatoms. The van der Waals surface area contributed by atoms with Crippen LogP contribution in [-0.4, -0.2) is 66.7 Å². The Morgan fingerprint density at radius 1 is 1.24 bits per heavy atom. The number of carbonyl (C=O) groups is 1. The van der Waals surface area contributed by atoms with E-state index in [-0.39, 0.29) is 12.5 Å². The van der Waals surface area contributed by atoms with Crippen molar-refractivity contribution in [2.45, 2.75) is 0 Å². The van der Waals surface area contributed by atoms with Gasteiger partial charge in [-0.2, -0.15) is 5.10 Å². The van der Waals surface area contributed by atoms with Crippen molar-refractivity contribution in [1.29, 1.82) is 0 Å². The molecule has 0 atom stereocenters. The lowest BCUT2D eigenvalue weighted by Crippen LogP contribution is -2.43. The van der Waals surface area contributed by atoms with E-state index in [1.807, 2.05) is 0 Å².